The van der Waals surface area contributed by atoms with Crippen molar-refractivity contribution >= 4 is 5.78 Å². The number of nitrogens with zero attached hydrogens (tertiary/aromatic N) is 2. The molecular formula is C20H33N3O. The second kappa shape index (κ2) is 7.81. The van der Waals surface area contributed by atoms with E-state index in [0.29, 0.717) is 23.2 Å². The molecule has 4 nitrogen and oxygen atoms in total. The van der Waals surface area contributed by atoms with Crippen molar-refractivity contribution in [2.24, 2.45) is 11.3 Å². The van der Waals surface area contributed by atoms with E-state index in [1.54, 1.807) is 0 Å². The lowest BCUT2D eigenvalue weighted by Crippen LogP contribution is -2.45. The van der Waals surface area contributed by atoms with Crippen LogP contribution in [0.15, 0.2) is 12.4 Å². The predicted octanol–water partition coefficient (Wildman–Crippen LogP) is 3.92. The van der Waals surface area contributed by atoms with Crippen LogP contribution in [-0.2, 0) is 11.2 Å². The fourth-order valence-electron chi connectivity index (χ4n) is 4.42. The Morgan fingerprint density at radius 3 is 2.50 bits per heavy atom. The van der Waals surface area contributed by atoms with Gasteiger partial charge in [-0.25, -0.2) is 0 Å². The van der Waals surface area contributed by atoms with Gasteiger partial charge in [-0.3, -0.25) is 9.48 Å². The van der Waals surface area contributed by atoms with Crippen molar-refractivity contribution in [3.8, 4) is 0 Å². The lowest BCUT2D eigenvalue weighted by molar-refractivity contribution is -0.134. The van der Waals surface area contributed by atoms with E-state index >= 15 is 0 Å². The van der Waals surface area contributed by atoms with E-state index in [1.165, 1.54) is 50.5 Å². The number of hydrogen-bond acceptors (Lipinski definition) is 3. The van der Waals surface area contributed by atoms with Crippen molar-refractivity contribution in [1.29, 1.82) is 0 Å². The Kier molecular flexibility index (Phi) is 5.75. The number of rotatable bonds is 4. The number of nitrogens with one attached hydrogen (secondary N) is 1. The molecule has 3 aliphatic rings. The largest absolute Gasteiger partial charge is 0.317 e. The van der Waals surface area contributed by atoms with Crippen molar-refractivity contribution in [2.45, 2.75) is 77.7 Å². The zero-order valence-electron chi connectivity index (χ0n) is 15.4. The van der Waals surface area contributed by atoms with E-state index in [9.17, 15) is 4.79 Å². The molecule has 0 bridgehead atoms. The number of aromatic nitrogens is 2. The van der Waals surface area contributed by atoms with Gasteiger partial charge in [0.25, 0.3) is 0 Å². The molecule has 0 radical (unpaired) electrons. The van der Waals surface area contributed by atoms with Gasteiger partial charge in [-0.2, -0.15) is 5.10 Å². The summed E-state index contributed by atoms with van der Waals surface area (Å²) < 4.78 is 2.14. The first-order valence-electron chi connectivity index (χ1n) is 9.92. The lowest BCUT2D eigenvalue weighted by Gasteiger charge is -2.53. The molecule has 3 fully saturated rings. The van der Waals surface area contributed by atoms with E-state index in [0.717, 1.165) is 25.9 Å². The van der Waals surface area contributed by atoms with E-state index in [2.05, 4.69) is 28.2 Å². The van der Waals surface area contributed by atoms with Gasteiger partial charge in [-0.05, 0) is 69.0 Å². The molecule has 1 saturated heterocycles. The Hall–Kier alpha value is -1.16. The van der Waals surface area contributed by atoms with Crippen LogP contribution in [0.2, 0.25) is 0 Å². The van der Waals surface area contributed by atoms with Crippen LogP contribution < -0.4 is 5.32 Å². The summed E-state index contributed by atoms with van der Waals surface area (Å²) in [5.41, 5.74) is 2.02. The maximum atomic E-state index is 11.2. The molecule has 1 aromatic heterocycles. The lowest BCUT2D eigenvalue weighted by atomic mass is 9.51. The molecule has 24 heavy (non-hydrogen) atoms. The summed E-state index contributed by atoms with van der Waals surface area (Å²) in [6.45, 7) is 6.41. The molecule has 134 valence electrons. The number of ketones is 1. The normalized spacial score (nSPS) is 23.1. The summed E-state index contributed by atoms with van der Waals surface area (Å²) in [6.07, 6.45) is 15.1. The van der Waals surface area contributed by atoms with Crippen LogP contribution in [-0.4, -0.2) is 28.7 Å². The van der Waals surface area contributed by atoms with Gasteiger partial charge in [0.05, 0.1) is 12.2 Å². The molecule has 1 N–H and O–H groups in total. The summed E-state index contributed by atoms with van der Waals surface area (Å²) in [6, 6.07) is 0.626. The van der Waals surface area contributed by atoms with Crippen LogP contribution >= 0.6 is 0 Å². The fourth-order valence-corrected chi connectivity index (χ4v) is 4.42. The standard InChI is InChI=1S/C10H17N3.C10H16O/c1-2-9-7-12-13(8-9)10-3-5-11-6-4-10;1-2-9(11)8-6-10(7-8)4-3-5-10/h7-8,10-11H,2-6H2,1H3;8H,2-7H2,1H3. The van der Waals surface area contributed by atoms with Crippen LogP contribution in [0.3, 0.4) is 0 Å². The monoisotopic (exact) mass is 331 g/mol. The molecule has 0 aromatic carbocycles. The summed E-state index contributed by atoms with van der Waals surface area (Å²) in [5.74, 6) is 0.961. The highest BCUT2D eigenvalue weighted by Crippen LogP contribution is 2.58. The van der Waals surface area contributed by atoms with Gasteiger partial charge in [0, 0.05) is 18.5 Å². The maximum Gasteiger partial charge on any atom is 0.135 e. The highest BCUT2D eigenvalue weighted by molar-refractivity contribution is 5.81. The fraction of sp³-hybridized carbons (Fsp3) is 0.800. The second-order valence-corrected chi connectivity index (χ2v) is 7.94. The third kappa shape index (κ3) is 3.90. The molecule has 0 unspecified atom stereocenters. The molecule has 2 saturated carbocycles. The first-order chi connectivity index (χ1) is 11.7. The maximum absolute atomic E-state index is 11.2. The van der Waals surface area contributed by atoms with Crippen LogP contribution in [0.5, 0.6) is 0 Å². The number of carbonyl (C=O) groups is 1. The van der Waals surface area contributed by atoms with E-state index < -0.39 is 0 Å². The summed E-state index contributed by atoms with van der Waals surface area (Å²) in [7, 11) is 0. The summed E-state index contributed by atoms with van der Waals surface area (Å²) >= 11 is 0. The number of carbonyl (C=O) groups excluding carboxylic acids is 1. The van der Waals surface area contributed by atoms with Gasteiger partial charge < -0.3 is 5.32 Å². The Labute approximate surface area is 146 Å². The number of piperidine rings is 1. The quantitative estimate of drug-likeness (QED) is 0.910. The van der Waals surface area contributed by atoms with E-state index in [4.69, 9.17) is 0 Å². The van der Waals surface area contributed by atoms with Gasteiger partial charge in [0.1, 0.15) is 5.78 Å². The highest BCUT2D eigenvalue weighted by atomic mass is 16.1. The molecule has 2 heterocycles. The first kappa shape index (κ1) is 17.7. The molecule has 4 heteroatoms. The molecule has 2 aliphatic carbocycles. The molecule has 0 atom stereocenters. The third-order valence-electron chi connectivity index (χ3n) is 6.32. The van der Waals surface area contributed by atoms with Crippen molar-refractivity contribution in [1.82, 2.24) is 15.1 Å². The molecule has 1 spiro atoms. The summed E-state index contributed by atoms with van der Waals surface area (Å²) in [5, 5.41) is 7.76. The van der Waals surface area contributed by atoms with Crippen LogP contribution in [0.1, 0.15) is 76.8 Å². The minimum atomic E-state index is 0.459. The zero-order chi connectivity index (χ0) is 17.0. The van der Waals surface area contributed by atoms with Crippen LogP contribution in [0, 0.1) is 11.3 Å². The number of hydrogen-bond donors (Lipinski definition) is 1. The van der Waals surface area contributed by atoms with Gasteiger partial charge in [-0.1, -0.05) is 20.3 Å². The highest BCUT2D eigenvalue weighted by Gasteiger charge is 2.49. The van der Waals surface area contributed by atoms with Gasteiger partial charge in [0.15, 0.2) is 0 Å². The first-order valence-corrected chi connectivity index (χ1v) is 9.92. The minimum Gasteiger partial charge on any atom is -0.317 e. The molecule has 1 aromatic rings. The average Bonchev–Trinajstić information content (AvgIpc) is 3.02. The van der Waals surface area contributed by atoms with Crippen LogP contribution in [0.25, 0.3) is 0 Å². The molecular weight excluding hydrogens is 298 g/mol. The second-order valence-electron chi connectivity index (χ2n) is 7.94. The van der Waals surface area contributed by atoms with Crippen molar-refractivity contribution in [3.05, 3.63) is 18.0 Å². The smallest absolute Gasteiger partial charge is 0.135 e. The van der Waals surface area contributed by atoms with Crippen LogP contribution in [0.4, 0.5) is 0 Å². The Bertz CT molecular complexity index is 533. The average molecular weight is 332 g/mol. The third-order valence-corrected chi connectivity index (χ3v) is 6.32. The SMILES string of the molecule is CCC(=O)C1CC2(CCC2)C1.CCc1cnn(C2CCNCC2)c1. The minimum absolute atomic E-state index is 0.459. The number of Topliss-reactive ketones (excluding diaryl/α,β-unsaturated/α-hetero) is 1. The van der Waals surface area contributed by atoms with Gasteiger partial charge >= 0.3 is 0 Å². The zero-order valence-corrected chi connectivity index (χ0v) is 15.4. The molecule has 1 aliphatic heterocycles. The van der Waals surface area contributed by atoms with Gasteiger partial charge in [0.2, 0.25) is 0 Å². The Morgan fingerprint density at radius 2 is 2.00 bits per heavy atom. The van der Waals surface area contributed by atoms with Crippen molar-refractivity contribution in [2.75, 3.05) is 13.1 Å². The Balaban J connectivity index is 0.000000143. The van der Waals surface area contributed by atoms with Gasteiger partial charge in [-0.15, -0.1) is 0 Å². The van der Waals surface area contributed by atoms with E-state index in [1.807, 2.05) is 13.1 Å². The molecule has 4 rings (SSSR count). The Morgan fingerprint density at radius 1 is 1.29 bits per heavy atom. The predicted molar refractivity (Wildman–Crippen MR) is 97.1 cm³/mol. The van der Waals surface area contributed by atoms with Crippen molar-refractivity contribution in [3.63, 3.8) is 0 Å². The van der Waals surface area contributed by atoms with Crippen molar-refractivity contribution < 1.29 is 4.79 Å². The topological polar surface area (TPSA) is 46.9 Å². The molecule has 0 amide bonds. The number of aryl methyl sites for hydroxylation is 1. The van der Waals surface area contributed by atoms with E-state index in [-0.39, 0.29) is 0 Å². The summed E-state index contributed by atoms with van der Waals surface area (Å²) in [4.78, 5) is 11.2.